The van der Waals surface area contributed by atoms with E-state index in [2.05, 4.69) is 0 Å². The molecule has 1 rings (SSSR count). The van der Waals surface area contributed by atoms with Crippen molar-refractivity contribution in [3.05, 3.63) is 23.2 Å². The van der Waals surface area contributed by atoms with E-state index < -0.39 is 10.8 Å². The third-order valence-corrected chi connectivity index (χ3v) is 4.27. The first kappa shape index (κ1) is 15.4. The van der Waals surface area contributed by atoms with Gasteiger partial charge in [-0.3, -0.25) is 4.21 Å². The Balaban J connectivity index is 2.37. The minimum Gasteiger partial charge on any atom is -0.398 e. The van der Waals surface area contributed by atoms with Crippen LogP contribution in [-0.4, -0.2) is 36.9 Å². The Morgan fingerprint density at radius 3 is 2.78 bits per heavy atom. The highest BCUT2D eigenvalue weighted by Gasteiger charge is 2.11. The van der Waals surface area contributed by atoms with Crippen LogP contribution in [0, 0.1) is 0 Å². The Morgan fingerprint density at radius 1 is 1.33 bits per heavy atom. The van der Waals surface area contributed by atoms with Gasteiger partial charge in [-0.05, 0) is 18.6 Å². The van der Waals surface area contributed by atoms with Gasteiger partial charge in [0.25, 0.3) is 0 Å². The van der Waals surface area contributed by atoms with Crippen LogP contribution in [0.2, 0.25) is 5.02 Å². The molecule has 0 saturated heterocycles. The second-order valence-electron chi connectivity index (χ2n) is 3.67. The summed E-state index contributed by atoms with van der Waals surface area (Å²) < 4.78 is 22.2. The molecule has 0 bridgehead atoms. The predicted octanol–water partition coefficient (Wildman–Crippen LogP) is 2.08. The molecule has 102 valence electrons. The third kappa shape index (κ3) is 4.94. The van der Waals surface area contributed by atoms with E-state index >= 15 is 0 Å². The van der Waals surface area contributed by atoms with E-state index in [0.717, 1.165) is 0 Å². The van der Waals surface area contributed by atoms with Gasteiger partial charge in [-0.1, -0.05) is 17.7 Å². The smallest absolute Gasteiger partial charge is 0.0803 e. The summed E-state index contributed by atoms with van der Waals surface area (Å²) in [6.07, 6.45) is 0.695. The summed E-state index contributed by atoms with van der Waals surface area (Å²) >= 11 is 5.98. The van der Waals surface area contributed by atoms with Gasteiger partial charge in [-0.2, -0.15) is 0 Å². The zero-order valence-electron chi connectivity index (χ0n) is 10.4. The van der Waals surface area contributed by atoms with Gasteiger partial charge >= 0.3 is 0 Å². The Bertz CT molecular complexity index is 381. The summed E-state index contributed by atoms with van der Waals surface area (Å²) in [7, 11) is 0.442. The monoisotopic (exact) mass is 291 g/mol. The molecule has 1 atom stereocenters. The SMILES string of the molecule is COCCOCCCS(=O)c1c(N)cccc1Cl. The zero-order chi connectivity index (χ0) is 13.4. The first-order valence-corrected chi connectivity index (χ1v) is 7.35. The molecule has 2 N–H and O–H groups in total. The van der Waals surface area contributed by atoms with Crippen molar-refractivity contribution in [3.63, 3.8) is 0 Å². The maximum Gasteiger partial charge on any atom is 0.0803 e. The van der Waals surface area contributed by atoms with E-state index in [4.69, 9.17) is 26.8 Å². The highest BCUT2D eigenvalue weighted by molar-refractivity contribution is 7.85. The minimum absolute atomic E-state index is 0.452. The highest BCUT2D eigenvalue weighted by Crippen LogP contribution is 2.25. The van der Waals surface area contributed by atoms with Crippen LogP contribution in [0.3, 0.4) is 0 Å². The molecule has 0 spiro atoms. The van der Waals surface area contributed by atoms with Crippen molar-refractivity contribution >= 4 is 28.1 Å². The maximum absolute atomic E-state index is 12.0. The van der Waals surface area contributed by atoms with Crippen molar-refractivity contribution in [2.45, 2.75) is 11.3 Å². The van der Waals surface area contributed by atoms with Crippen LogP contribution in [0.15, 0.2) is 23.1 Å². The van der Waals surface area contributed by atoms with Gasteiger partial charge in [0.1, 0.15) is 0 Å². The molecular formula is C12H18ClNO3S. The Labute approximate surface area is 115 Å². The molecule has 0 aromatic heterocycles. The van der Waals surface area contributed by atoms with Crippen LogP contribution < -0.4 is 5.73 Å². The van der Waals surface area contributed by atoms with E-state index in [1.807, 2.05) is 0 Å². The van der Waals surface area contributed by atoms with Crippen LogP contribution in [0.25, 0.3) is 0 Å². The molecule has 0 aliphatic rings. The molecule has 0 radical (unpaired) electrons. The molecule has 0 fully saturated rings. The Morgan fingerprint density at radius 2 is 2.11 bits per heavy atom. The number of methoxy groups -OCH3 is 1. The lowest BCUT2D eigenvalue weighted by Crippen LogP contribution is -2.08. The number of hydrogen-bond donors (Lipinski definition) is 1. The topological polar surface area (TPSA) is 61.5 Å². The summed E-state index contributed by atoms with van der Waals surface area (Å²) in [4.78, 5) is 0.524. The Kier molecular flexibility index (Phi) is 7.27. The fourth-order valence-electron chi connectivity index (χ4n) is 1.40. The second kappa shape index (κ2) is 8.48. The number of nitrogen functional groups attached to an aromatic ring is 1. The first-order valence-electron chi connectivity index (χ1n) is 5.66. The number of halogens is 1. The van der Waals surface area contributed by atoms with Crippen LogP contribution >= 0.6 is 11.6 Å². The van der Waals surface area contributed by atoms with Crippen LogP contribution in [-0.2, 0) is 20.3 Å². The number of rotatable bonds is 8. The lowest BCUT2D eigenvalue weighted by atomic mass is 10.3. The number of anilines is 1. The van der Waals surface area contributed by atoms with Crippen molar-refractivity contribution in [3.8, 4) is 0 Å². The fourth-order valence-corrected chi connectivity index (χ4v) is 3.04. The zero-order valence-corrected chi connectivity index (χ0v) is 11.9. The molecule has 0 aliphatic heterocycles. The second-order valence-corrected chi connectivity index (χ2v) is 5.58. The standard InChI is InChI=1S/C12H18ClNO3S/c1-16-7-8-17-6-3-9-18(15)12-10(13)4-2-5-11(12)14/h2,4-5H,3,6-9,14H2,1H3. The van der Waals surface area contributed by atoms with Crippen molar-refractivity contribution in [1.29, 1.82) is 0 Å². The maximum atomic E-state index is 12.0. The summed E-state index contributed by atoms with van der Waals surface area (Å²) in [5.41, 5.74) is 6.24. The van der Waals surface area contributed by atoms with Gasteiger partial charge in [0.2, 0.25) is 0 Å². The molecule has 4 nitrogen and oxygen atoms in total. The predicted molar refractivity (Wildman–Crippen MR) is 74.5 cm³/mol. The van der Waals surface area contributed by atoms with E-state index in [1.54, 1.807) is 25.3 Å². The van der Waals surface area contributed by atoms with E-state index in [1.165, 1.54) is 0 Å². The van der Waals surface area contributed by atoms with Crippen molar-refractivity contribution in [1.82, 2.24) is 0 Å². The van der Waals surface area contributed by atoms with Crippen molar-refractivity contribution in [2.24, 2.45) is 0 Å². The minimum atomic E-state index is -1.18. The third-order valence-electron chi connectivity index (χ3n) is 2.28. The molecule has 1 aromatic rings. The van der Waals surface area contributed by atoms with Crippen molar-refractivity contribution in [2.75, 3.05) is 38.4 Å². The summed E-state index contributed by atoms with van der Waals surface area (Å²) in [6.45, 7) is 1.68. The van der Waals surface area contributed by atoms with Crippen LogP contribution in [0.4, 0.5) is 5.69 Å². The van der Waals surface area contributed by atoms with Gasteiger partial charge in [0, 0.05) is 25.2 Å². The molecule has 1 aromatic carbocycles. The molecular weight excluding hydrogens is 274 g/mol. The average molecular weight is 292 g/mol. The molecule has 0 saturated carbocycles. The molecule has 18 heavy (non-hydrogen) atoms. The molecule has 0 amide bonds. The van der Waals surface area contributed by atoms with Crippen LogP contribution in [0.1, 0.15) is 6.42 Å². The van der Waals surface area contributed by atoms with E-state index in [-0.39, 0.29) is 0 Å². The first-order chi connectivity index (χ1) is 8.66. The quantitative estimate of drug-likeness (QED) is 0.588. The summed E-state index contributed by atoms with van der Waals surface area (Å²) in [5.74, 6) is 0.487. The van der Waals surface area contributed by atoms with Gasteiger partial charge < -0.3 is 15.2 Å². The lowest BCUT2D eigenvalue weighted by molar-refractivity contribution is 0.0713. The van der Waals surface area contributed by atoms with Gasteiger partial charge in [-0.15, -0.1) is 0 Å². The molecule has 1 unspecified atom stereocenters. The Hall–Kier alpha value is -0.620. The summed E-state index contributed by atoms with van der Waals surface area (Å²) in [5, 5.41) is 0.452. The summed E-state index contributed by atoms with van der Waals surface area (Å²) in [6, 6.07) is 5.14. The van der Waals surface area contributed by atoms with Gasteiger partial charge in [-0.25, -0.2) is 0 Å². The fraction of sp³-hybridized carbons (Fsp3) is 0.500. The number of benzene rings is 1. The molecule has 0 aliphatic carbocycles. The van der Waals surface area contributed by atoms with Crippen molar-refractivity contribution < 1.29 is 13.7 Å². The molecule has 6 heteroatoms. The number of ether oxygens (including phenoxy) is 2. The van der Waals surface area contributed by atoms with Crippen LogP contribution in [0.5, 0.6) is 0 Å². The highest BCUT2D eigenvalue weighted by atomic mass is 35.5. The number of hydrogen-bond acceptors (Lipinski definition) is 4. The normalized spacial score (nSPS) is 12.6. The lowest BCUT2D eigenvalue weighted by Gasteiger charge is -2.08. The largest absolute Gasteiger partial charge is 0.398 e. The van der Waals surface area contributed by atoms with E-state index in [0.29, 0.717) is 47.6 Å². The van der Waals surface area contributed by atoms with E-state index in [9.17, 15) is 4.21 Å². The van der Waals surface area contributed by atoms with Gasteiger partial charge in [0.15, 0.2) is 0 Å². The number of nitrogens with two attached hydrogens (primary N) is 1. The van der Waals surface area contributed by atoms with Gasteiger partial charge in [0.05, 0.1) is 33.9 Å². The molecule has 0 heterocycles. The average Bonchev–Trinajstić information content (AvgIpc) is 2.33.